The summed E-state index contributed by atoms with van der Waals surface area (Å²) in [5, 5.41) is 0. The van der Waals surface area contributed by atoms with Crippen molar-refractivity contribution in [2.75, 3.05) is 0 Å². The van der Waals surface area contributed by atoms with Gasteiger partial charge in [0.2, 0.25) is 0 Å². The minimum atomic E-state index is -0.788. The maximum absolute atomic E-state index is 11.8. The van der Waals surface area contributed by atoms with Gasteiger partial charge in [-0.1, -0.05) is 43.0 Å². The molecule has 2 heterocycles. The predicted octanol–water partition coefficient (Wildman–Crippen LogP) is 2.83. The molecule has 3 heteroatoms. The van der Waals surface area contributed by atoms with Crippen LogP contribution in [0.5, 0.6) is 0 Å². The molecule has 0 bridgehead atoms. The van der Waals surface area contributed by atoms with Gasteiger partial charge < -0.3 is 4.74 Å². The summed E-state index contributed by atoms with van der Waals surface area (Å²) in [6, 6.07) is 13.5. The Bertz CT molecular complexity index is 562. The first-order valence-electron chi connectivity index (χ1n) is 6.09. The Labute approximate surface area is 111 Å². The van der Waals surface area contributed by atoms with Crippen LogP contribution in [0.3, 0.4) is 0 Å². The van der Waals surface area contributed by atoms with E-state index in [0.29, 0.717) is 12.0 Å². The van der Waals surface area contributed by atoms with Crippen LogP contribution in [0.25, 0.3) is 0 Å². The van der Waals surface area contributed by atoms with E-state index in [4.69, 9.17) is 4.74 Å². The molecule has 1 unspecified atom stereocenters. The molecule has 1 fully saturated rings. The number of benzene rings is 1. The van der Waals surface area contributed by atoms with Crippen LogP contribution in [0.4, 0.5) is 0 Å². The molecule has 0 saturated carbocycles. The zero-order valence-electron chi connectivity index (χ0n) is 10.4. The van der Waals surface area contributed by atoms with Gasteiger partial charge in [0.05, 0.1) is 0 Å². The van der Waals surface area contributed by atoms with Crippen molar-refractivity contribution in [2.24, 2.45) is 0 Å². The largest absolute Gasteiger partial charge is 0.445 e. The van der Waals surface area contributed by atoms with Gasteiger partial charge in [-0.15, -0.1) is 0 Å². The summed E-state index contributed by atoms with van der Waals surface area (Å²) in [4.78, 5) is 15.9. The van der Waals surface area contributed by atoms with Crippen LogP contribution in [0.15, 0.2) is 67.0 Å². The Kier molecular flexibility index (Phi) is 2.67. The van der Waals surface area contributed by atoms with E-state index >= 15 is 0 Å². The van der Waals surface area contributed by atoms with E-state index in [9.17, 15) is 4.79 Å². The third kappa shape index (κ3) is 1.83. The van der Waals surface area contributed by atoms with Crippen molar-refractivity contribution < 1.29 is 9.53 Å². The second-order valence-electron chi connectivity index (χ2n) is 4.60. The lowest BCUT2D eigenvalue weighted by molar-refractivity contribution is -0.144. The second-order valence-corrected chi connectivity index (χ2v) is 4.60. The van der Waals surface area contributed by atoms with E-state index in [-0.39, 0.29) is 5.97 Å². The van der Waals surface area contributed by atoms with Gasteiger partial charge in [0.1, 0.15) is 0 Å². The Morgan fingerprint density at radius 3 is 2.42 bits per heavy atom. The molecular formula is C16H13NO2. The summed E-state index contributed by atoms with van der Waals surface area (Å²) in [5.74, 6) is -0.340. The number of cyclic esters (lactones) is 1. The molecule has 1 atom stereocenters. The molecule has 94 valence electrons. The Morgan fingerprint density at radius 2 is 1.84 bits per heavy atom. The number of pyridine rings is 1. The molecule has 1 aromatic carbocycles. The monoisotopic (exact) mass is 251 g/mol. The van der Waals surface area contributed by atoms with Crippen LogP contribution in [0, 0.1) is 0 Å². The molecule has 2 aromatic rings. The lowest BCUT2D eigenvalue weighted by Crippen LogP contribution is -2.27. The number of hydrogen-bond acceptors (Lipinski definition) is 3. The van der Waals surface area contributed by atoms with Crippen molar-refractivity contribution in [3.63, 3.8) is 0 Å². The highest BCUT2D eigenvalue weighted by Crippen LogP contribution is 2.44. The van der Waals surface area contributed by atoms with Crippen LogP contribution < -0.4 is 0 Å². The molecule has 0 amide bonds. The van der Waals surface area contributed by atoms with Crippen molar-refractivity contribution >= 4 is 5.97 Å². The van der Waals surface area contributed by atoms with Gasteiger partial charge in [-0.3, -0.25) is 4.98 Å². The lowest BCUT2D eigenvalue weighted by atomic mass is 9.84. The summed E-state index contributed by atoms with van der Waals surface area (Å²) in [5.41, 5.74) is 1.51. The van der Waals surface area contributed by atoms with Crippen LogP contribution in [0.1, 0.15) is 17.5 Å². The van der Waals surface area contributed by atoms with Gasteiger partial charge in [-0.25, -0.2) is 4.79 Å². The van der Waals surface area contributed by atoms with Gasteiger partial charge >= 0.3 is 5.97 Å². The van der Waals surface area contributed by atoms with Crippen molar-refractivity contribution in [2.45, 2.75) is 12.0 Å². The first-order chi connectivity index (χ1) is 9.22. The summed E-state index contributed by atoms with van der Waals surface area (Å²) >= 11 is 0. The topological polar surface area (TPSA) is 39.2 Å². The first-order valence-corrected chi connectivity index (χ1v) is 6.09. The lowest BCUT2D eigenvalue weighted by Gasteiger charge is -2.28. The SMILES string of the molecule is C=C1CC(c2ccccc2)(c2cccnc2)OC1=O. The van der Waals surface area contributed by atoms with Crippen LogP contribution in [0.2, 0.25) is 0 Å². The fraction of sp³-hybridized carbons (Fsp3) is 0.125. The molecular weight excluding hydrogens is 238 g/mol. The Balaban J connectivity index is 2.18. The summed E-state index contributed by atoms with van der Waals surface area (Å²) < 4.78 is 5.65. The van der Waals surface area contributed by atoms with E-state index in [1.165, 1.54) is 0 Å². The molecule has 1 aliphatic heterocycles. The number of rotatable bonds is 2. The molecule has 19 heavy (non-hydrogen) atoms. The van der Waals surface area contributed by atoms with Crippen LogP contribution in [-0.4, -0.2) is 11.0 Å². The van der Waals surface area contributed by atoms with E-state index < -0.39 is 5.60 Å². The highest BCUT2D eigenvalue weighted by Gasteiger charge is 2.45. The molecule has 0 radical (unpaired) electrons. The number of esters is 1. The van der Waals surface area contributed by atoms with Crippen LogP contribution >= 0.6 is 0 Å². The zero-order chi connectivity index (χ0) is 13.3. The number of carbonyl (C=O) groups is 1. The Morgan fingerprint density at radius 1 is 1.11 bits per heavy atom. The molecule has 1 aromatic heterocycles. The quantitative estimate of drug-likeness (QED) is 0.608. The zero-order valence-corrected chi connectivity index (χ0v) is 10.4. The van der Waals surface area contributed by atoms with Crippen molar-refractivity contribution in [1.29, 1.82) is 0 Å². The normalized spacial score (nSPS) is 22.3. The average molecular weight is 251 g/mol. The molecule has 3 nitrogen and oxygen atoms in total. The third-order valence-electron chi connectivity index (χ3n) is 3.39. The highest BCUT2D eigenvalue weighted by atomic mass is 16.6. The van der Waals surface area contributed by atoms with E-state index in [2.05, 4.69) is 11.6 Å². The predicted molar refractivity (Wildman–Crippen MR) is 71.3 cm³/mol. The number of hydrogen-bond donors (Lipinski definition) is 0. The Hall–Kier alpha value is -2.42. The molecule has 3 rings (SSSR count). The van der Waals surface area contributed by atoms with Crippen LogP contribution in [-0.2, 0) is 15.1 Å². The minimum absolute atomic E-state index is 0.340. The standard InChI is InChI=1S/C16H13NO2/c1-12-10-16(19-15(12)18,13-6-3-2-4-7-13)14-8-5-9-17-11-14/h2-9,11H,1,10H2. The molecule has 1 aliphatic rings. The van der Waals surface area contributed by atoms with Gasteiger partial charge in [0.15, 0.2) is 5.60 Å². The second kappa shape index (κ2) is 4.35. The highest BCUT2D eigenvalue weighted by molar-refractivity contribution is 5.91. The number of carbonyl (C=O) groups excluding carboxylic acids is 1. The van der Waals surface area contributed by atoms with Crippen molar-refractivity contribution in [3.8, 4) is 0 Å². The maximum atomic E-state index is 11.8. The third-order valence-corrected chi connectivity index (χ3v) is 3.39. The maximum Gasteiger partial charge on any atom is 0.334 e. The minimum Gasteiger partial charge on any atom is -0.445 e. The fourth-order valence-electron chi connectivity index (χ4n) is 2.44. The van der Waals surface area contributed by atoms with E-state index in [0.717, 1.165) is 11.1 Å². The number of aromatic nitrogens is 1. The van der Waals surface area contributed by atoms with E-state index in [1.54, 1.807) is 12.4 Å². The summed E-state index contributed by atoms with van der Waals surface area (Å²) in [6.07, 6.45) is 3.90. The molecule has 0 N–H and O–H groups in total. The van der Waals surface area contributed by atoms with Gasteiger partial charge in [-0.05, 0) is 6.07 Å². The van der Waals surface area contributed by atoms with Crippen molar-refractivity contribution in [3.05, 3.63) is 78.1 Å². The van der Waals surface area contributed by atoms with Crippen molar-refractivity contribution in [1.82, 2.24) is 4.98 Å². The molecule has 0 aliphatic carbocycles. The van der Waals surface area contributed by atoms with Gasteiger partial charge in [0, 0.05) is 35.5 Å². The summed E-state index contributed by atoms with van der Waals surface area (Å²) in [6.45, 7) is 3.79. The fourth-order valence-corrected chi connectivity index (χ4v) is 2.44. The number of nitrogens with zero attached hydrogens (tertiary/aromatic N) is 1. The molecule has 0 spiro atoms. The van der Waals surface area contributed by atoms with E-state index in [1.807, 2.05) is 42.5 Å². The smallest absolute Gasteiger partial charge is 0.334 e. The number of ether oxygens (including phenoxy) is 1. The first kappa shape index (κ1) is 11.7. The average Bonchev–Trinajstić information content (AvgIpc) is 2.78. The molecule has 1 saturated heterocycles. The van der Waals surface area contributed by atoms with Gasteiger partial charge in [-0.2, -0.15) is 0 Å². The van der Waals surface area contributed by atoms with Gasteiger partial charge in [0.25, 0.3) is 0 Å². The summed E-state index contributed by atoms with van der Waals surface area (Å²) in [7, 11) is 0.